The van der Waals surface area contributed by atoms with Gasteiger partial charge in [0.2, 0.25) is 5.91 Å². The summed E-state index contributed by atoms with van der Waals surface area (Å²) in [6.07, 6.45) is 0.393. The van der Waals surface area contributed by atoms with Gasteiger partial charge >= 0.3 is 12.0 Å². The third kappa shape index (κ3) is 8.67. The number of aliphatic carboxylic acids is 1. The molecule has 198 valence electrons. The summed E-state index contributed by atoms with van der Waals surface area (Å²) >= 11 is 0. The smallest absolute Gasteiger partial charge is 0.323 e. The van der Waals surface area contributed by atoms with Crippen LogP contribution in [0.15, 0.2) is 59.0 Å². The number of nitrogens with one attached hydrogen (secondary N) is 3. The molecule has 0 saturated carbocycles. The molecule has 0 radical (unpaired) electrons. The van der Waals surface area contributed by atoms with Crippen LogP contribution >= 0.6 is 0 Å². The third-order valence-corrected chi connectivity index (χ3v) is 5.49. The van der Waals surface area contributed by atoms with Crippen molar-refractivity contribution in [3.8, 4) is 5.75 Å². The van der Waals surface area contributed by atoms with Gasteiger partial charge in [-0.05, 0) is 47.4 Å². The molecule has 1 atom stereocenters. The molecule has 12 heteroatoms. The molecule has 0 fully saturated rings. The summed E-state index contributed by atoms with van der Waals surface area (Å²) in [6, 6.07) is 13.7. The molecule has 0 saturated heterocycles. The van der Waals surface area contributed by atoms with E-state index >= 15 is 0 Å². The van der Waals surface area contributed by atoms with Crippen molar-refractivity contribution in [1.29, 1.82) is 0 Å². The Morgan fingerprint density at radius 3 is 2.46 bits per heavy atom. The molecule has 3 amide bonds. The monoisotopic (exact) mass is 511 g/mol. The van der Waals surface area contributed by atoms with Crippen LogP contribution in [-0.4, -0.2) is 59.5 Å². The molecule has 2 aromatic rings. The van der Waals surface area contributed by atoms with Gasteiger partial charge in [0.05, 0.1) is 32.2 Å². The summed E-state index contributed by atoms with van der Waals surface area (Å²) in [7, 11) is 1.53. The number of para-hydroxylation sites is 2. The van der Waals surface area contributed by atoms with Crippen LogP contribution in [0.4, 0.5) is 16.2 Å². The van der Waals surface area contributed by atoms with E-state index < -0.39 is 12.0 Å². The SMILES string of the molecule is COc1ccccc1NC(=O)Nc1ccc(CC(=O)NC(CC(C)C)N2CN(CCC(=O)O)N=N2)cc1. The van der Waals surface area contributed by atoms with Crippen LogP contribution in [0, 0.1) is 5.92 Å². The van der Waals surface area contributed by atoms with E-state index in [-0.39, 0.29) is 31.5 Å². The quantitative estimate of drug-likeness (QED) is 0.340. The van der Waals surface area contributed by atoms with Crippen molar-refractivity contribution < 1.29 is 24.2 Å². The topological polar surface area (TPSA) is 148 Å². The zero-order valence-electron chi connectivity index (χ0n) is 21.2. The van der Waals surface area contributed by atoms with Crippen LogP contribution in [0.3, 0.4) is 0 Å². The summed E-state index contributed by atoms with van der Waals surface area (Å²) in [5.74, 6) is -0.238. The van der Waals surface area contributed by atoms with E-state index in [0.29, 0.717) is 36.1 Å². The highest BCUT2D eigenvalue weighted by molar-refractivity contribution is 6.00. The first kappa shape index (κ1) is 27.2. The van der Waals surface area contributed by atoms with E-state index in [1.165, 1.54) is 7.11 Å². The number of nitrogens with zero attached hydrogens (tertiary/aromatic N) is 4. The maximum absolute atomic E-state index is 12.8. The van der Waals surface area contributed by atoms with Crippen LogP contribution in [-0.2, 0) is 16.0 Å². The highest BCUT2D eigenvalue weighted by Crippen LogP contribution is 2.23. The molecule has 3 rings (SSSR count). The molecule has 2 aromatic carbocycles. The Balaban J connectivity index is 1.52. The van der Waals surface area contributed by atoms with Crippen LogP contribution in [0.2, 0.25) is 0 Å². The standard InChI is InChI=1S/C25H33N7O5/c1-17(2)14-22(32-16-31(29-30-32)13-12-24(34)35)28-23(33)15-18-8-10-19(11-9-18)26-25(36)27-20-6-4-5-7-21(20)37-3/h4-11,17,22H,12-16H2,1-3H3,(H,28,33)(H,34,35)(H2,26,27,36). The van der Waals surface area contributed by atoms with E-state index in [2.05, 4.69) is 26.4 Å². The van der Waals surface area contributed by atoms with Gasteiger partial charge in [-0.15, -0.1) is 0 Å². The Kier molecular flexibility index (Phi) is 9.64. The Labute approximate surface area is 215 Å². The number of carbonyl (C=O) groups is 3. The van der Waals surface area contributed by atoms with E-state index in [4.69, 9.17) is 9.84 Å². The molecule has 0 spiro atoms. The molecule has 0 aliphatic carbocycles. The number of amides is 3. The van der Waals surface area contributed by atoms with Crippen LogP contribution < -0.4 is 20.7 Å². The van der Waals surface area contributed by atoms with Gasteiger partial charge < -0.3 is 25.8 Å². The number of hydrogen-bond donors (Lipinski definition) is 4. The van der Waals surface area contributed by atoms with Gasteiger partial charge in [0.15, 0.2) is 0 Å². The summed E-state index contributed by atoms with van der Waals surface area (Å²) in [5, 5.41) is 28.7. The molecular formula is C25H33N7O5. The molecule has 0 aromatic heterocycles. The Hall–Kier alpha value is -4.35. The van der Waals surface area contributed by atoms with Gasteiger partial charge in [0.25, 0.3) is 0 Å². The van der Waals surface area contributed by atoms with Crippen LogP contribution in [0.25, 0.3) is 0 Å². The van der Waals surface area contributed by atoms with E-state index in [1.54, 1.807) is 52.5 Å². The first-order valence-electron chi connectivity index (χ1n) is 12.0. The lowest BCUT2D eigenvalue weighted by atomic mass is 10.1. The number of methoxy groups -OCH3 is 1. The number of carboxylic acid groups (broad SMARTS) is 1. The van der Waals surface area contributed by atoms with E-state index in [0.717, 1.165) is 5.56 Å². The molecule has 37 heavy (non-hydrogen) atoms. The molecule has 1 heterocycles. The summed E-state index contributed by atoms with van der Waals surface area (Å²) in [5.41, 5.74) is 1.91. The molecular weight excluding hydrogens is 478 g/mol. The van der Waals surface area contributed by atoms with Crippen molar-refractivity contribution in [1.82, 2.24) is 15.3 Å². The lowest BCUT2D eigenvalue weighted by Crippen LogP contribution is -2.48. The number of anilines is 2. The zero-order chi connectivity index (χ0) is 26.8. The summed E-state index contributed by atoms with van der Waals surface area (Å²) in [6.45, 7) is 4.64. The van der Waals surface area contributed by atoms with Crippen LogP contribution in [0.5, 0.6) is 5.75 Å². The molecule has 1 aliphatic heterocycles. The average Bonchev–Trinajstić information content (AvgIpc) is 3.33. The number of benzene rings is 2. The van der Waals surface area contributed by atoms with E-state index in [1.807, 2.05) is 19.9 Å². The fourth-order valence-electron chi connectivity index (χ4n) is 3.70. The van der Waals surface area contributed by atoms with Gasteiger partial charge in [-0.3, -0.25) is 14.6 Å². The van der Waals surface area contributed by atoms with Gasteiger partial charge in [0.1, 0.15) is 18.6 Å². The van der Waals surface area contributed by atoms with Crippen molar-refractivity contribution in [3.63, 3.8) is 0 Å². The van der Waals surface area contributed by atoms with Gasteiger partial charge in [-0.2, -0.15) is 0 Å². The van der Waals surface area contributed by atoms with Crippen molar-refractivity contribution in [2.45, 2.75) is 39.3 Å². The van der Waals surface area contributed by atoms with Crippen molar-refractivity contribution in [3.05, 3.63) is 54.1 Å². The number of ether oxygens (including phenoxy) is 1. The second kappa shape index (κ2) is 13.1. The number of hydrogen-bond acceptors (Lipinski definition) is 8. The highest BCUT2D eigenvalue weighted by atomic mass is 16.5. The number of urea groups is 1. The minimum Gasteiger partial charge on any atom is -0.495 e. The second-order valence-corrected chi connectivity index (χ2v) is 9.00. The van der Waals surface area contributed by atoms with Gasteiger partial charge in [-0.25, -0.2) is 9.80 Å². The van der Waals surface area contributed by atoms with Crippen molar-refractivity contribution in [2.75, 3.05) is 31.0 Å². The van der Waals surface area contributed by atoms with E-state index in [9.17, 15) is 14.4 Å². The molecule has 1 unspecified atom stereocenters. The molecule has 1 aliphatic rings. The number of rotatable bonds is 12. The highest BCUT2D eigenvalue weighted by Gasteiger charge is 2.26. The molecule has 4 N–H and O–H groups in total. The number of carbonyl (C=O) groups excluding carboxylic acids is 2. The average molecular weight is 512 g/mol. The third-order valence-electron chi connectivity index (χ3n) is 5.49. The molecule has 0 bridgehead atoms. The van der Waals surface area contributed by atoms with Crippen LogP contribution in [0.1, 0.15) is 32.3 Å². The Morgan fingerprint density at radius 2 is 1.78 bits per heavy atom. The lowest BCUT2D eigenvalue weighted by Gasteiger charge is -2.28. The zero-order valence-corrected chi connectivity index (χ0v) is 21.2. The maximum atomic E-state index is 12.8. The fourth-order valence-corrected chi connectivity index (χ4v) is 3.70. The number of carboxylic acids is 1. The Morgan fingerprint density at radius 1 is 1.05 bits per heavy atom. The largest absolute Gasteiger partial charge is 0.495 e. The van der Waals surface area contributed by atoms with Crippen molar-refractivity contribution in [2.24, 2.45) is 16.4 Å². The minimum atomic E-state index is -0.904. The Bertz CT molecular complexity index is 1110. The summed E-state index contributed by atoms with van der Waals surface area (Å²) in [4.78, 5) is 36.0. The first-order valence-corrected chi connectivity index (χ1v) is 12.0. The predicted octanol–water partition coefficient (Wildman–Crippen LogP) is 3.70. The van der Waals surface area contributed by atoms with Gasteiger partial charge in [0, 0.05) is 5.69 Å². The predicted molar refractivity (Wildman–Crippen MR) is 138 cm³/mol. The summed E-state index contributed by atoms with van der Waals surface area (Å²) < 4.78 is 5.24. The first-order chi connectivity index (χ1) is 17.7. The fraction of sp³-hybridized carbons (Fsp3) is 0.400. The maximum Gasteiger partial charge on any atom is 0.323 e. The second-order valence-electron chi connectivity index (χ2n) is 9.00. The normalized spacial score (nSPS) is 13.4. The minimum absolute atomic E-state index is 0.0406. The van der Waals surface area contributed by atoms with Crippen molar-refractivity contribution >= 4 is 29.3 Å². The lowest BCUT2D eigenvalue weighted by molar-refractivity contribution is -0.137. The van der Waals surface area contributed by atoms with Gasteiger partial charge in [-0.1, -0.05) is 43.3 Å². The molecule has 12 nitrogen and oxygen atoms in total.